The highest BCUT2D eigenvalue weighted by molar-refractivity contribution is 7.99. The molecule has 1 heterocycles. The van der Waals surface area contributed by atoms with Crippen molar-refractivity contribution in [1.29, 1.82) is 0 Å². The Morgan fingerprint density at radius 3 is 3.05 bits per heavy atom. The standard InChI is InChI=1S/C13H19N3O3S/c1-3-14-13(11(18)19)5-4-9(7-13)20-12-15-8(2)6-10(17)16-12/h6,9,14H,3-5,7H2,1-2H3,(H,18,19)(H,15,16,17). The fourth-order valence-corrected chi connectivity index (χ4v) is 3.91. The second-order valence-corrected chi connectivity index (χ2v) is 6.38. The molecule has 2 rings (SSSR count). The Hall–Kier alpha value is -1.34. The Bertz CT molecular complexity index is 560. The predicted octanol–water partition coefficient (Wildman–Crippen LogP) is 1.16. The van der Waals surface area contributed by atoms with Crippen molar-refractivity contribution in [1.82, 2.24) is 15.3 Å². The van der Waals surface area contributed by atoms with Gasteiger partial charge in [0, 0.05) is 17.0 Å². The van der Waals surface area contributed by atoms with Crippen LogP contribution in [0.4, 0.5) is 0 Å². The highest BCUT2D eigenvalue weighted by Crippen LogP contribution is 2.39. The van der Waals surface area contributed by atoms with Crippen LogP contribution in [-0.4, -0.2) is 38.4 Å². The van der Waals surface area contributed by atoms with Gasteiger partial charge in [0.1, 0.15) is 5.54 Å². The third kappa shape index (κ3) is 3.21. The van der Waals surface area contributed by atoms with E-state index < -0.39 is 11.5 Å². The lowest BCUT2D eigenvalue weighted by Gasteiger charge is -2.25. The second-order valence-electron chi connectivity index (χ2n) is 5.09. The smallest absolute Gasteiger partial charge is 0.323 e. The molecule has 0 amide bonds. The molecule has 7 heteroatoms. The fourth-order valence-electron chi connectivity index (χ4n) is 2.63. The number of aromatic amines is 1. The molecule has 1 aliphatic rings. The first-order valence-electron chi connectivity index (χ1n) is 6.68. The van der Waals surface area contributed by atoms with E-state index in [2.05, 4.69) is 15.3 Å². The minimum absolute atomic E-state index is 0.148. The van der Waals surface area contributed by atoms with Crippen LogP contribution in [0.3, 0.4) is 0 Å². The van der Waals surface area contributed by atoms with E-state index in [0.29, 0.717) is 30.2 Å². The molecule has 0 saturated heterocycles. The summed E-state index contributed by atoms with van der Waals surface area (Å²) in [5.74, 6) is -0.798. The van der Waals surface area contributed by atoms with E-state index in [1.807, 2.05) is 6.92 Å². The van der Waals surface area contributed by atoms with Crippen LogP contribution in [-0.2, 0) is 4.79 Å². The quantitative estimate of drug-likeness (QED) is 0.706. The number of aromatic nitrogens is 2. The summed E-state index contributed by atoms with van der Waals surface area (Å²) in [5, 5.41) is 13.2. The Morgan fingerprint density at radius 2 is 2.45 bits per heavy atom. The van der Waals surface area contributed by atoms with Crippen molar-refractivity contribution in [2.45, 2.75) is 49.1 Å². The zero-order valence-electron chi connectivity index (χ0n) is 11.6. The van der Waals surface area contributed by atoms with Crippen molar-refractivity contribution in [3.05, 3.63) is 22.1 Å². The minimum Gasteiger partial charge on any atom is -0.480 e. The summed E-state index contributed by atoms with van der Waals surface area (Å²) in [6, 6.07) is 1.44. The Morgan fingerprint density at radius 1 is 1.70 bits per heavy atom. The maximum atomic E-state index is 11.5. The number of rotatable bonds is 5. The lowest BCUT2D eigenvalue weighted by molar-refractivity contribution is -0.144. The average Bonchev–Trinajstić information content (AvgIpc) is 2.72. The van der Waals surface area contributed by atoms with Gasteiger partial charge in [-0.2, -0.15) is 0 Å². The predicted molar refractivity (Wildman–Crippen MR) is 77.1 cm³/mol. The van der Waals surface area contributed by atoms with Gasteiger partial charge in [0.2, 0.25) is 0 Å². The molecule has 1 aromatic heterocycles. The molecule has 0 aromatic carbocycles. The van der Waals surface area contributed by atoms with Gasteiger partial charge < -0.3 is 15.4 Å². The topological polar surface area (TPSA) is 95.1 Å². The molecule has 2 atom stereocenters. The zero-order chi connectivity index (χ0) is 14.8. The summed E-state index contributed by atoms with van der Waals surface area (Å²) in [6.45, 7) is 4.31. The van der Waals surface area contributed by atoms with Gasteiger partial charge in [0.25, 0.3) is 5.56 Å². The van der Waals surface area contributed by atoms with Crippen LogP contribution in [0.2, 0.25) is 0 Å². The number of aryl methyl sites for hydroxylation is 1. The van der Waals surface area contributed by atoms with Gasteiger partial charge in [0.05, 0.1) is 0 Å². The molecule has 0 aliphatic heterocycles. The number of aliphatic carboxylic acids is 1. The average molecular weight is 297 g/mol. The summed E-state index contributed by atoms with van der Waals surface area (Å²) in [6.07, 6.45) is 1.93. The van der Waals surface area contributed by atoms with Crippen LogP contribution in [0.5, 0.6) is 0 Å². The molecular formula is C13H19N3O3S. The molecule has 110 valence electrons. The molecule has 0 spiro atoms. The maximum absolute atomic E-state index is 11.5. The Labute approximate surface area is 121 Å². The second kappa shape index (κ2) is 5.97. The largest absolute Gasteiger partial charge is 0.480 e. The molecular weight excluding hydrogens is 278 g/mol. The van der Waals surface area contributed by atoms with E-state index in [9.17, 15) is 14.7 Å². The van der Waals surface area contributed by atoms with Crippen LogP contribution < -0.4 is 10.9 Å². The molecule has 0 radical (unpaired) electrons. The Balaban J connectivity index is 2.09. The summed E-state index contributed by atoms with van der Waals surface area (Å²) in [4.78, 5) is 29.8. The van der Waals surface area contributed by atoms with E-state index in [1.54, 1.807) is 6.92 Å². The van der Waals surface area contributed by atoms with E-state index in [-0.39, 0.29) is 10.8 Å². The molecule has 0 bridgehead atoms. The maximum Gasteiger partial charge on any atom is 0.323 e. The lowest BCUT2D eigenvalue weighted by Crippen LogP contribution is -2.50. The normalized spacial score (nSPS) is 25.8. The third-order valence-corrected chi connectivity index (χ3v) is 4.67. The molecule has 1 saturated carbocycles. The monoisotopic (exact) mass is 297 g/mol. The van der Waals surface area contributed by atoms with Crippen molar-refractivity contribution in [2.24, 2.45) is 0 Å². The summed E-state index contributed by atoms with van der Waals surface area (Å²) >= 11 is 1.46. The van der Waals surface area contributed by atoms with E-state index in [0.717, 1.165) is 6.42 Å². The van der Waals surface area contributed by atoms with Crippen molar-refractivity contribution >= 4 is 17.7 Å². The van der Waals surface area contributed by atoms with Crippen LogP contribution in [0, 0.1) is 6.92 Å². The number of carboxylic acids is 1. The molecule has 1 aromatic rings. The van der Waals surface area contributed by atoms with Gasteiger partial charge in [-0.25, -0.2) is 4.98 Å². The van der Waals surface area contributed by atoms with Crippen LogP contribution in [0.15, 0.2) is 16.0 Å². The van der Waals surface area contributed by atoms with Gasteiger partial charge in [-0.05, 0) is 32.7 Å². The lowest BCUT2D eigenvalue weighted by atomic mass is 9.98. The van der Waals surface area contributed by atoms with Crippen molar-refractivity contribution in [2.75, 3.05) is 6.54 Å². The first-order chi connectivity index (χ1) is 9.45. The number of thioether (sulfide) groups is 1. The van der Waals surface area contributed by atoms with Gasteiger partial charge >= 0.3 is 5.97 Å². The first kappa shape index (κ1) is 15.1. The molecule has 2 unspecified atom stereocenters. The number of nitrogens with one attached hydrogen (secondary N) is 2. The minimum atomic E-state index is -0.837. The molecule has 6 nitrogen and oxygen atoms in total. The van der Waals surface area contributed by atoms with Gasteiger partial charge in [-0.3, -0.25) is 9.59 Å². The van der Waals surface area contributed by atoms with Crippen molar-refractivity contribution in [3.8, 4) is 0 Å². The summed E-state index contributed by atoms with van der Waals surface area (Å²) < 4.78 is 0. The van der Waals surface area contributed by atoms with Crippen LogP contribution in [0.1, 0.15) is 31.9 Å². The molecule has 1 fully saturated rings. The number of H-pyrrole nitrogens is 1. The molecule has 20 heavy (non-hydrogen) atoms. The summed E-state index contributed by atoms with van der Waals surface area (Å²) in [5.41, 5.74) is -0.337. The zero-order valence-corrected chi connectivity index (χ0v) is 12.4. The molecule has 1 aliphatic carbocycles. The van der Waals surface area contributed by atoms with Crippen molar-refractivity contribution < 1.29 is 9.90 Å². The number of hydrogen-bond donors (Lipinski definition) is 3. The number of likely N-dealkylation sites (N-methyl/N-ethyl adjacent to an activating group) is 1. The van der Waals surface area contributed by atoms with Gasteiger partial charge in [-0.1, -0.05) is 18.7 Å². The Kier molecular flexibility index (Phi) is 4.49. The van der Waals surface area contributed by atoms with Crippen molar-refractivity contribution in [3.63, 3.8) is 0 Å². The van der Waals surface area contributed by atoms with E-state index >= 15 is 0 Å². The van der Waals surface area contributed by atoms with Gasteiger partial charge in [-0.15, -0.1) is 0 Å². The van der Waals surface area contributed by atoms with Gasteiger partial charge in [0.15, 0.2) is 5.16 Å². The number of hydrogen-bond acceptors (Lipinski definition) is 5. The molecule has 3 N–H and O–H groups in total. The fraction of sp³-hybridized carbons (Fsp3) is 0.615. The third-order valence-electron chi connectivity index (χ3n) is 3.52. The first-order valence-corrected chi connectivity index (χ1v) is 7.56. The number of carboxylic acid groups (broad SMARTS) is 1. The summed E-state index contributed by atoms with van der Waals surface area (Å²) in [7, 11) is 0. The SMILES string of the molecule is CCNC1(C(=O)O)CCC(Sc2nc(C)cc(=O)[nH]2)C1. The van der Waals surface area contributed by atoms with E-state index in [4.69, 9.17) is 0 Å². The highest BCUT2D eigenvalue weighted by atomic mass is 32.2. The number of carbonyl (C=O) groups is 1. The number of nitrogens with zero attached hydrogens (tertiary/aromatic N) is 1. The van der Waals surface area contributed by atoms with E-state index in [1.165, 1.54) is 17.8 Å². The van der Waals surface area contributed by atoms with Crippen LogP contribution >= 0.6 is 11.8 Å². The highest BCUT2D eigenvalue weighted by Gasteiger charge is 2.45. The van der Waals surface area contributed by atoms with Crippen LogP contribution in [0.25, 0.3) is 0 Å².